The highest BCUT2D eigenvalue weighted by atomic mass is 32.3. The highest BCUT2D eigenvalue weighted by Gasteiger charge is 2.79. The Morgan fingerprint density at radius 2 is 1.40 bits per heavy atom. The molecule has 0 heterocycles. The van der Waals surface area contributed by atoms with Crippen LogP contribution in [0.15, 0.2) is 109 Å². The molecule has 6 nitrogen and oxygen atoms in total. The summed E-state index contributed by atoms with van der Waals surface area (Å²) in [6.07, 6.45) is -2.00. The molecular formula is C40H40F5NO5S2. The number of alkyl halides is 5. The van der Waals surface area contributed by atoms with Gasteiger partial charge in [0.1, 0.15) is 5.60 Å². The molecule has 4 aliphatic rings. The molecule has 0 radical (unpaired) electrons. The molecule has 6 unspecified atom stereocenters. The van der Waals surface area contributed by atoms with Gasteiger partial charge in [-0.1, -0.05) is 66.6 Å². The van der Waals surface area contributed by atoms with Crippen molar-refractivity contribution in [1.82, 2.24) is 0 Å². The molecule has 1 N–H and O–H groups in total. The molecular weight excluding hydrogens is 734 g/mol. The molecule has 6 atom stereocenters. The van der Waals surface area contributed by atoms with E-state index in [4.69, 9.17) is 0 Å². The van der Waals surface area contributed by atoms with Crippen LogP contribution in [-0.2, 0) is 24.5 Å². The summed E-state index contributed by atoms with van der Waals surface area (Å²) in [5.41, 5.74) is 0.834. The average Bonchev–Trinajstić information content (AvgIpc) is 3.38. The van der Waals surface area contributed by atoms with Crippen molar-refractivity contribution in [3.05, 3.63) is 107 Å². The predicted octanol–water partition coefficient (Wildman–Crippen LogP) is 9.34. The normalized spacial score (nSPS) is 28.7. The number of benzene rings is 3. The minimum atomic E-state index is -5.92. The van der Waals surface area contributed by atoms with E-state index in [-0.39, 0.29) is 34.3 Å². The first-order chi connectivity index (χ1) is 24.7. The number of hydrogen-bond acceptors (Lipinski definition) is 5. The predicted molar refractivity (Wildman–Crippen MR) is 191 cm³/mol. The summed E-state index contributed by atoms with van der Waals surface area (Å²) in [6.45, 7) is 3.21. The molecule has 0 aliphatic heterocycles. The Balaban J connectivity index is 1.24. The van der Waals surface area contributed by atoms with Gasteiger partial charge in [-0.05, 0) is 115 Å². The standard InChI is InChI=1S/C40H40F5NO5S2/c1-24-4-14-31(15-5-24)53(50,51)46-52(3,49)30-16-10-26(11-17-30)25-6-8-27(9-7-25)34-23-37(2)35(20-21-38(37,48)39(41,42)40(43,44)45)33-18-12-28-22-29(47)13-19-32(28)36(33)34/h4-11,14-17,22,33-35,48H,12-13,18-21,23H2,1-3H3. The van der Waals surface area contributed by atoms with Crippen LogP contribution in [0.4, 0.5) is 22.0 Å². The van der Waals surface area contributed by atoms with E-state index < -0.39 is 61.1 Å². The zero-order valence-electron chi connectivity index (χ0n) is 29.4. The summed E-state index contributed by atoms with van der Waals surface area (Å²) in [6, 6.07) is 19.8. The maximum absolute atomic E-state index is 15.3. The van der Waals surface area contributed by atoms with E-state index in [0.29, 0.717) is 36.8 Å². The molecule has 0 saturated heterocycles. The number of aliphatic hydroxyl groups is 1. The fourth-order valence-electron chi connectivity index (χ4n) is 9.51. The Hall–Kier alpha value is -3.68. The van der Waals surface area contributed by atoms with E-state index in [0.717, 1.165) is 27.8 Å². The number of aryl methyl sites for hydroxylation is 1. The fourth-order valence-corrected chi connectivity index (χ4v) is 12.8. The lowest BCUT2D eigenvalue weighted by atomic mass is 9.50. The minimum absolute atomic E-state index is 0.0101. The number of fused-ring (bicyclic) bond motifs is 4. The summed E-state index contributed by atoms with van der Waals surface area (Å²) < 4.78 is 115. The molecule has 53 heavy (non-hydrogen) atoms. The first-order valence-electron chi connectivity index (χ1n) is 17.6. The second-order valence-corrected chi connectivity index (χ2v) is 19.4. The van der Waals surface area contributed by atoms with Crippen LogP contribution in [0.1, 0.15) is 68.9 Å². The monoisotopic (exact) mass is 773 g/mol. The molecule has 13 heteroatoms. The Bertz CT molecular complexity index is 2270. The van der Waals surface area contributed by atoms with Crippen LogP contribution in [0.3, 0.4) is 0 Å². The molecule has 0 aromatic heterocycles. The van der Waals surface area contributed by atoms with E-state index in [1.165, 1.54) is 25.3 Å². The summed E-state index contributed by atoms with van der Waals surface area (Å²) >= 11 is 0. The number of rotatable bonds is 6. The zero-order chi connectivity index (χ0) is 38.4. The van der Waals surface area contributed by atoms with Crippen molar-refractivity contribution < 1.29 is 44.5 Å². The van der Waals surface area contributed by atoms with Crippen molar-refractivity contribution in [1.29, 1.82) is 0 Å². The molecule has 4 aliphatic carbocycles. The SMILES string of the molecule is Cc1ccc(S(=O)(=O)N=S(C)(=O)c2ccc(-c3ccc(C4CC5(C)C(CCC5(O)C(F)(F)C(F)(F)F)C5CCC6=CC(=O)CCC6=C45)cc3)cc2)cc1. The second-order valence-electron chi connectivity index (χ2n) is 15.3. The molecule has 7 rings (SSSR count). The number of carbonyl (C=O) groups is 1. The summed E-state index contributed by atoms with van der Waals surface area (Å²) in [4.78, 5) is 12.5. The topological polar surface area (TPSA) is 101 Å². The molecule has 0 spiro atoms. The lowest BCUT2D eigenvalue weighted by Crippen LogP contribution is -2.65. The van der Waals surface area contributed by atoms with Crippen LogP contribution < -0.4 is 0 Å². The third-order valence-electron chi connectivity index (χ3n) is 12.3. The Morgan fingerprint density at radius 3 is 2.00 bits per heavy atom. The molecule has 0 bridgehead atoms. The van der Waals surface area contributed by atoms with Gasteiger partial charge in [0.15, 0.2) is 5.78 Å². The van der Waals surface area contributed by atoms with Crippen molar-refractivity contribution >= 4 is 25.5 Å². The number of allylic oxidation sites excluding steroid dienone is 4. The number of hydrogen-bond donors (Lipinski definition) is 1. The van der Waals surface area contributed by atoms with E-state index >= 15 is 8.78 Å². The second kappa shape index (κ2) is 12.7. The van der Waals surface area contributed by atoms with E-state index in [9.17, 15) is 35.7 Å². The van der Waals surface area contributed by atoms with Crippen molar-refractivity contribution in [2.45, 2.75) is 92.2 Å². The van der Waals surface area contributed by atoms with Gasteiger partial charge < -0.3 is 5.11 Å². The number of sulfonamides is 1. The smallest absolute Gasteiger partial charge is 0.383 e. The number of nitrogens with zero attached hydrogens (tertiary/aromatic N) is 1. The van der Waals surface area contributed by atoms with Crippen LogP contribution in [0, 0.1) is 24.2 Å². The van der Waals surface area contributed by atoms with Crippen LogP contribution in [0.2, 0.25) is 0 Å². The third kappa shape index (κ3) is 6.10. The van der Waals surface area contributed by atoms with E-state index in [1.54, 1.807) is 42.5 Å². The number of halogens is 5. The first-order valence-corrected chi connectivity index (χ1v) is 20.9. The lowest BCUT2D eigenvalue weighted by Gasteiger charge is -2.56. The van der Waals surface area contributed by atoms with Gasteiger partial charge in [-0.25, -0.2) is 4.21 Å². The van der Waals surface area contributed by atoms with Crippen molar-refractivity contribution in [2.24, 2.45) is 21.0 Å². The number of carbonyl (C=O) groups excluding carboxylic acids is 1. The summed E-state index contributed by atoms with van der Waals surface area (Å²) in [7, 11) is -7.55. The first kappa shape index (κ1) is 37.6. The summed E-state index contributed by atoms with van der Waals surface area (Å²) in [5.74, 6) is -6.79. The zero-order valence-corrected chi connectivity index (χ0v) is 31.1. The highest BCUT2D eigenvalue weighted by Crippen LogP contribution is 2.70. The third-order valence-corrected chi connectivity index (χ3v) is 16.2. The lowest BCUT2D eigenvalue weighted by molar-refractivity contribution is -0.362. The van der Waals surface area contributed by atoms with Gasteiger partial charge >= 0.3 is 12.1 Å². The fraction of sp³-hybridized carbons (Fsp3) is 0.425. The Labute approximate surface area is 306 Å². The molecule has 3 aromatic carbocycles. The van der Waals surface area contributed by atoms with Gasteiger partial charge in [-0.15, -0.1) is 3.77 Å². The Kier molecular flexibility index (Phi) is 9.01. The van der Waals surface area contributed by atoms with Crippen molar-refractivity contribution in [2.75, 3.05) is 6.26 Å². The van der Waals surface area contributed by atoms with Crippen LogP contribution in [0.25, 0.3) is 11.1 Å². The van der Waals surface area contributed by atoms with Gasteiger partial charge in [0.2, 0.25) is 0 Å². The quantitative estimate of drug-likeness (QED) is 0.252. The van der Waals surface area contributed by atoms with Gasteiger partial charge in [0.05, 0.1) is 14.6 Å². The van der Waals surface area contributed by atoms with Gasteiger partial charge in [0.25, 0.3) is 10.0 Å². The van der Waals surface area contributed by atoms with Gasteiger partial charge in [-0.3, -0.25) is 4.79 Å². The molecule has 0 amide bonds. The maximum atomic E-state index is 15.3. The Morgan fingerprint density at radius 1 is 0.811 bits per heavy atom. The molecule has 2 saturated carbocycles. The van der Waals surface area contributed by atoms with Crippen LogP contribution >= 0.6 is 0 Å². The van der Waals surface area contributed by atoms with Crippen LogP contribution in [-0.4, -0.2) is 47.5 Å². The average molecular weight is 774 g/mol. The van der Waals surface area contributed by atoms with Crippen molar-refractivity contribution in [3.63, 3.8) is 0 Å². The summed E-state index contributed by atoms with van der Waals surface area (Å²) in [5, 5.41) is 11.5. The van der Waals surface area contributed by atoms with E-state index in [2.05, 4.69) is 3.77 Å². The molecule has 2 fully saturated rings. The van der Waals surface area contributed by atoms with Gasteiger partial charge in [-0.2, -0.15) is 30.4 Å². The molecule has 3 aromatic rings. The van der Waals surface area contributed by atoms with Gasteiger partial charge in [0, 0.05) is 28.9 Å². The largest absolute Gasteiger partial charge is 0.456 e. The maximum Gasteiger partial charge on any atom is 0.456 e. The number of ketones is 1. The molecule has 282 valence electrons. The van der Waals surface area contributed by atoms with Crippen LogP contribution in [0.5, 0.6) is 0 Å². The van der Waals surface area contributed by atoms with Crippen molar-refractivity contribution in [3.8, 4) is 11.1 Å². The minimum Gasteiger partial charge on any atom is -0.383 e. The van der Waals surface area contributed by atoms with E-state index in [1.807, 2.05) is 31.2 Å². The highest BCUT2D eigenvalue weighted by molar-refractivity contribution is 8.03.